The predicted molar refractivity (Wildman–Crippen MR) is 167 cm³/mol. The molecule has 7 aromatic carbocycles. The van der Waals surface area contributed by atoms with Crippen LogP contribution in [0.4, 0.5) is 0 Å². The van der Waals surface area contributed by atoms with Gasteiger partial charge < -0.3 is 8.83 Å². The maximum Gasteiger partial charge on any atom is 0.143 e. The SMILES string of the molecule is c1ccc(-c2c3ccccc3c(-c3cccc4c3oc3ccc5oc6ccccc6c5c34)c3ccccc23)cc1. The number of benzene rings is 7. The van der Waals surface area contributed by atoms with Gasteiger partial charge in [0.15, 0.2) is 0 Å². The van der Waals surface area contributed by atoms with Crippen LogP contribution in [-0.4, -0.2) is 0 Å². The highest BCUT2D eigenvalue weighted by Crippen LogP contribution is 2.47. The lowest BCUT2D eigenvalue weighted by Crippen LogP contribution is -1.90. The first-order valence-corrected chi connectivity index (χ1v) is 13.6. The lowest BCUT2D eigenvalue weighted by Gasteiger charge is -2.17. The molecular weight excluding hydrogens is 488 g/mol. The summed E-state index contributed by atoms with van der Waals surface area (Å²) in [5.41, 5.74) is 8.32. The molecule has 0 saturated heterocycles. The molecule has 0 N–H and O–H groups in total. The standard InChI is InChI=1S/C38H22O2/c1-2-11-23(12-3-1)34-24-13-4-6-15-26(24)35(27-16-7-5-14-25(27)34)29-18-10-19-30-37-33(40-38(29)30)22-21-32-36(37)28-17-8-9-20-31(28)39-32/h1-22H. The molecule has 0 fully saturated rings. The summed E-state index contributed by atoms with van der Waals surface area (Å²) in [5, 5.41) is 9.33. The van der Waals surface area contributed by atoms with Crippen molar-refractivity contribution in [3.63, 3.8) is 0 Å². The molecule has 0 aliphatic rings. The van der Waals surface area contributed by atoms with Crippen molar-refractivity contribution < 1.29 is 8.83 Å². The van der Waals surface area contributed by atoms with Crippen molar-refractivity contribution in [2.75, 3.05) is 0 Å². The molecule has 0 bridgehead atoms. The van der Waals surface area contributed by atoms with Gasteiger partial charge >= 0.3 is 0 Å². The van der Waals surface area contributed by atoms with Crippen LogP contribution >= 0.6 is 0 Å². The first-order valence-electron chi connectivity index (χ1n) is 13.6. The van der Waals surface area contributed by atoms with Gasteiger partial charge in [0, 0.05) is 32.7 Å². The third-order valence-electron chi connectivity index (χ3n) is 8.26. The zero-order valence-corrected chi connectivity index (χ0v) is 21.5. The van der Waals surface area contributed by atoms with E-state index in [0.29, 0.717) is 0 Å². The molecule has 0 unspecified atom stereocenters. The van der Waals surface area contributed by atoms with E-state index in [1.165, 1.54) is 38.2 Å². The molecule has 0 saturated carbocycles. The Kier molecular flexibility index (Phi) is 4.36. The van der Waals surface area contributed by atoms with Gasteiger partial charge in [-0.25, -0.2) is 0 Å². The summed E-state index contributed by atoms with van der Waals surface area (Å²) in [5.74, 6) is 0. The average Bonchev–Trinajstić information content (AvgIpc) is 3.58. The Hall–Kier alpha value is -5.34. The van der Waals surface area contributed by atoms with Gasteiger partial charge in [0.25, 0.3) is 0 Å². The van der Waals surface area contributed by atoms with Gasteiger partial charge in [-0.3, -0.25) is 0 Å². The highest BCUT2D eigenvalue weighted by Gasteiger charge is 2.21. The summed E-state index contributed by atoms with van der Waals surface area (Å²) in [7, 11) is 0. The lowest BCUT2D eigenvalue weighted by atomic mass is 9.85. The number of hydrogen-bond acceptors (Lipinski definition) is 2. The van der Waals surface area contributed by atoms with Crippen LogP contribution < -0.4 is 0 Å². The Balaban J connectivity index is 1.45. The van der Waals surface area contributed by atoms with Crippen LogP contribution in [0.5, 0.6) is 0 Å². The fourth-order valence-electron chi connectivity index (χ4n) is 6.64. The van der Waals surface area contributed by atoms with Gasteiger partial charge in [0.2, 0.25) is 0 Å². The number of furan rings is 2. The van der Waals surface area contributed by atoms with Crippen molar-refractivity contribution in [3.05, 3.63) is 133 Å². The van der Waals surface area contributed by atoms with Crippen molar-refractivity contribution in [2.45, 2.75) is 0 Å². The number of rotatable bonds is 2. The summed E-state index contributed by atoms with van der Waals surface area (Å²) in [6, 6.07) is 47.1. The Morgan fingerprint density at radius 2 is 0.850 bits per heavy atom. The third kappa shape index (κ3) is 2.88. The van der Waals surface area contributed by atoms with Crippen LogP contribution in [0.15, 0.2) is 142 Å². The highest BCUT2D eigenvalue weighted by molar-refractivity contribution is 6.29. The maximum absolute atomic E-state index is 6.74. The molecule has 0 spiro atoms. The minimum Gasteiger partial charge on any atom is -0.456 e. The molecule has 2 nitrogen and oxygen atoms in total. The lowest BCUT2D eigenvalue weighted by molar-refractivity contribution is 0.663. The molecule has 0 atom stereocenters. The molecule has 0 amide bonds. The van der Waals surface area contributed by atoms with E-state index in [9.17, 15) is 0 Å². The first-order chi connectivity index (χ1) is 19.9. The van der Waals surface area contributed by atoms with Crippen LogP contribution in [0.3, 0.4) is 0 Å². The molecule has 2 heteroatoms. The van der Waals surface area contributed by atoms with Crippen molar-refractivity contribution in [2.24, 2.45) is 0 Å². The monoisotopic (exact) mass is 510 g/mol. The number of hydrogen-bond donors (Lipinski definition) is 0. The molecule has 0 aliphatic heterocycles. The second-order valence-electron chi connectivity index (χ2n) is 10.4. The zero-order chi connectivity index (χ0) is 26.2. The molecule has 0 radical (unpaired) electrons. The van der Waals surface area contributed by atoms with E-state index in [1.54, 1.807) is 0 Å². The minimum absolute atomic E-state index is 0.871. The first kappa shape index (κ1) is 21.6. The quantitative estimate of drug-likeness (QED) is 0.216. The van der Waals surface area contributed by atoms with Crippen LogP contribution in [-0.2, 0) is 0 Å². The van der Waals surface area contributed by atoms with E-state index >= 15 is 0 Å². The maximum atomic E-state index is 6.74. The van der Waals surface area contributed by atoms with Crippen molar-refractivity contribution in [3.8, 4) is 22.3 Å². The molecule has 186 valence electrons. The van der Waals surface area contributed by atoms with Crippen LogP contribution in [0.1, 0.15) is 0 Å². The fourth-order valence-corrected chi connectivity index (χ4v) is 6.64. The fraction of sp³-hybridized carbons (Fsp3) is 0. The summed E-state index contributed by atoms with van der Waals surface area (Å²) >= 11 is 0. The van der Waals surface area contributed by atoms with E-state index in [2.05, 4.69) is 109 Å². The topological polar surface area (TPSA) is 26.3 Å². The number of fused-ring (bicyclic) bond motifs is 9. The largest absolute Gasteiger partial charge is 0.456 e. The smallest absolute Gasteiger partial charge is 0.143 e. The number of para-hydroxylation sites is 2. The van der Waals surface area contributed by atoms with Crippen molar-refractivity contribution in [1.82, 2.24) is 0 Å². The Morgan fingerprint density at radius 1 is 0.325 bits per heavy atom. The van der Waals surface area contributed by atoms with E-state index in [1.807, 2.05) is 24.3 Å². The normalized spacial score (nSPS) is 12.0. The Bertz CT molecular complexity index is 2370. The predicted octanol–water partition coefficient (Wildman–Crippen LogP) is 11.1. The summed E-state index contributed by atoms with van der Waals surface area (Å²) < 4.78 is 13.0. The molecule has 40 heavy (non-hydrogen) atoms. The van der Waals surface area contributed by atoms with Gasteiger partial charge in [-0.2, -0.15) is 0 Å². The van der Waals surface area contributed by atoms with E-state index in [4.69, 9.17) is 8.83 Å². The second kappa shape index (κ2) is 8.08. The van der Waals surface area contributed by atoms with E-state index in [-0.39, 0.29) is 0 Å². The van der Waals surface area contributed by atoms with Gasteiger partial charge in [0.1, 0.15) is 22.3 Å². The summed E-state index contributed by atoms with van der Waals surface area (Å²) in [4.78, 5) is 0. The average molecular weight is 511 g/mol. The van der Waals surface area contributed by atoms with Gasteiger partial charge in [-0.1, -0.05) is 115 Å². The second-order valence-corrected chi connectivity index (χ2v) is 10.4. The van der Waals surface area contributed by atoms with Crippen LogP contribution in [0.2, 0.25) is 0 Å². The molecule has 2 aromatic heterocycles. The van der Waals surface area contributed by atoms with Crippen LogP contribution in [0, 0.1) is 0 Å². The zero-order valence-electron chi connectivity index (χ0n) is 21.5. The van der Waals surface area contributed by atoms with Gasteiger partial charge in [0.05, 0.1) is 0 Å². The molecule has 0 aliphatic carbocycles. The molecular formula is C38H22O2. The summed E-state index contributed by atoms with van der Waals surface area (Å²) in [6.45, 7) is 0. The molecule has 9 aromatic rings. The van der Waals surface area contributed by atoms with Gasteiger partial charge in [-0.05, 0) is 50.9 Å². The minimum atomic E-state index is 0.871. The van der Waals surface area contributed by atoms with Crippen molar-refractivity contribution in [1.29, 1.82) is 0 Å². The van der Waals surface area contributed by atoms with E-state index < -0.39 is 0 Å². The van der Waals surface area contributed by atoms with Crippen LogP contribution in [0.25, 0.3) is 87.7 Å². The highest BCUT2D eigenvalue weighted by atomic mass is 16.3. The third-order valence-corrected chi connectivity index (χ3v) is 8.26. The molecule has 9 rings (SSSR count). The van der Waals surface area contributed by atoms with Crippen molar-refractivity contribution >= 4 is 65.4 Å². The summed E-state index contributed by atoms with van der Waals surface area (Å²) in [6.07, 6.45) is 0. The Labute approximate surface area is 229 Å². The Morgan fingerprint density at radius 3 is 1.55 bits per heavy atom. The molecule has 2 heterocycles. The van der Waals surface area contributed by atoms with Gasteiger partial charge in [-0.15, -0.1) is 0 Å². The van der Waals surface area contributed by atoms with E-state index in [0.717, 1.165) is 49.4 Å².